The SMILES string of the molecule is CCc1cc(Sc2ccccc2NC(=O)Cc2ccc(Cl)cc2)n2nc(C)nc2n1. The predicted octanol–water partition coefficient (Wildman–Crippen LogP) is 4.98. The number of hydrogen-bond donors (Lipinski definition) is 1. The number of amides is 1. The van der Waals surface area contributed by atoms with E-state index in [9.17, 15) is 4.79 Å². The van der Waals surface area contributed by atoms with Crippen LogP contribution in [-0.4, -0.2) is 25.5 Å². The van der Waals surface area contributed by atoms with Crippen molar-refractivity contribution in [1.82, 2.24) is 19.6 Å². The van der Waals surface area contributed by atoms with Gasteiger partial charge in [0.2, 0.25) is 5.91 Å². The molecule has 0 saturated heterocycles. The Labute approximate surface area is 183 Å². The molecular weight excluding hydrogens is 418 g/mol. The molecule has 1 N–H and O–H groups in total. The molecule has 0 radical (unpaired) electrons. The van der Waals surface area contributed by atoms with Crippen molar-refractivity contribution < 1.29 is 4.79 Å². The number of aromatic nitrogens is 4. The zero-order chi connectivity index (χ0) is 21.1. The maximum Gasteiger partial charge on any atom is 0.253 e. The molecule has 0 fully saturated rings. The number of nitrogens with one attached hydrogen (secondary N) is 1. The minimum absolute atomic E-state index is 0.0869. The zero-order valence-corrected chi connectivity index (χ0v) is 18.2. The van der Waals surface area contributed by atoms with Gasteiger partial charge in [-0.3, -0.25) is 4.79 Å². The summed E-state index contributed by atoms with van der Waals surface area (Å²) in [7, 11) is 0. The number of rotatable bonds is 6. The van der Waals surface area contributed by atoms with Crippen LogP contribution in [0.4, 0.5) is 5.69 Å². The van der Waals surface area contributed by atoms with E-state index in [1.807, 2.05) is 49.4 Å². The van der Waals surface area contributed by atoms with Crippen LogP contribution in [0, 0.1) is 6.92 Å². The summed E-state index contributed by atoms with van der Waals surface area (Å²) < 4.78 is 1.74. The summed E-state index contributed by atoms with van der Waals surface area (Å²) in [6.07, 6.45) is 1.08. The first-order valence-corrected chi connectivity index (χ1v) is 10.8. The van der Waals surface area contributed by atoms with Gasteiger partial charge in [0.05, 0.1) is 12.1 Å². The first-order valence-electron chi connectivity index (χ1n) is 9.56. The molecule has 0 aliphatic carbocycles. The van der Waals surface area contributed by atoms with E-state index in [0.717, 1.165) is 33.3 Å². The number of halogens is 1. The van der Waals surface area contributed by atoms with Crippen molar-refractivity contribution in [2.45, 2.75) is 36.6 Å². The van der Waals surface area contributed by atoms with E-state index in [4.69, 9.17) is 11.6 Å². The number of carbonyl (C=O) groups excluding carboxylic acids is 1. The smallest absolute Gasteiger partial charge is 0.253 e. The van der Waals surface area contributed by atoms with E-state index in [-0.39, 0.29) is 12.3 Å². The van der Waals surface area contributed by atoms with Crippen LogP contribution < -0.4 is 5.32 Å². The highest BCUT2D eigenvalue weighted by atomic mass is 35.5. The van der Waals surface area contributed by atoms with Crippen molar-refractivity contribution in [1.29, 1.82) is 0 Å². The number of anilines is 1. The first-order chi connectivity index (χ1) is 14.5. The van der Waals surface area contributed by atoms with Crippen LogP contribution >= 0.6 is 23.4 Å². The van der Waals surface area contributed by atoms with Gasteiger partial charge in [0.25, 0.3) is 5.78 Å². The van der Waals surface area contributed by atoms with Crippen molar-refractivity contribution in [3.8, 4) is 0 Å². The van der Waals surface area contributed by atoms with Crippen LogP contribution in [0.2, 0.25) is 5.02 Å². The van der Waals surface area contributed by atoms with E-state index in [0.29, 0.717) is 16.6 Å². The number of para-hydroxylation sites is 1. The maximum absolute atomic E-state index is 12.6. The standard InChI is InChI=1S/C22H20ClN5OS/c1-3-17-13-21(28-22(25-17)24-14(2)27-28)30-19-7-5-4-6-18(19)26-20(29)12-15-8-10-16(23)11-9-15/h4-11,13H,3,12H2,1-2H3,(H,26,29). The molecule has 1 amide bonds. The van der Waals surface area contributed by atoms with Gasteiger partial charge < -0.3 is 5.32 Å². The average molecular weight is 438 g/mol. The summed E-state index contributed by atoms with van der Waals surface area (Å²) in [6, 6.07) is 17.0. The van der Waals surface area contributed by atoms with Crippen LogP contribution in [0.15, 0.2) is 64.5 Å². The van der Waals surface area contributed by atoms with Crippen molar-refractivity contribution in [2.75, 3.05) is 5.32 Å². The molecular formula is C22H20ClN5OS. The Morgan fingerprint density at radius 1 is 1.13 bits per heavy atom. The fourth-order valence-electron chi connectivity index (χ4n) is 3.00. The molecule has 0 aliphatic rings. The Balaban J connectivity index is 1.59. The normalized spacial score (nSPS) is 11.0. The third-order valence-electron chi connectivity index (χ3n) is 4.45. The van der Waals surface area contributed by atoms with Gasteiger partial charge in [-0.05, 0) is 49.2 Å². The second-order valence-corrected chi connectivity index (χ2v) is 8.26. The number of hydrogen-bond acceptors (Lipinski definition) is 5. The van der Waals surface area contributed by atoms with Gasteiger partial charge in [-0.15, -0.1) is 5.10 Å². The van der Waals surface area contributed by atoms with Crippen molar-refractivity contribution in [3.05, 3.63) is 76.7 Å². The van der Waals surface area contributed by atoms with Gasteiger partial charge in [-0.25, -0.2) is 4.98 Å². The predicted molar refractivity (Wildman–Crippen MR) is 119 cm³/mol. The van der Waals surface area contributed by atoms with Gasteiger partial charge in [-0.1, -0.05) is 54.6 Å². The summed E-state index contributed by atoms with van der Waals surface area (Å²) in [6.45, 7) is 3.90. The molecule has 0 saturated carbocycles. The minimum atomic E-state index is -0.0869. The molecule has 4 aromatic rings. The lowest BCUT2D eigenvalue weighted by molar-refractivity contribution is -0.115. The molecule has 2 heterocycles. The number of fused-ring (bicyclic) bond motifs is 1. The molecule has 2 aromatic carbocycles. The summed E-state index contributed by atoms with van der Waals surface area (Å²) in [5, 5.41) is 9.04. The molecule has 0 atom stereocenters. The lowest BCUT2D eigenvalue weighted by Gasteiger charge is -2.12. The van der Waals surface area contributed by atoms with Gasteiger partial charge >= 0.3 is 0 Å². The molecule has 0 aliphatic heterocycles. The highest BCUT2D eigenvalue weighted by Gasteiger charge is 2.14. The molecule has 0 unspecified atom stereocenters. The summed E-state index contributed by atoms with van der Waals surface area (Å²) >= 11 is 7.45. The molecule has 2 aromatic heterocycles. The van der Waals surface area contributed by atoms with E-state index >= 15 is 0 Å². The lowest BCUT2D eigenvalue weighted by Crippen LogP contribution is -2.15. The van der Waals surface area contributed by atoms with Crippen LogP contribution in [0.25, 0.3) is 5.78 Å². The summed E-state index contributed by atoms with van der Waals surface area (Å²) in [5.74, 6) is 1.16. The van der Waals surface area contributed by atoms with E-state index in [1.54, 1.807) is 16.6 Å². The Morgan fingerprint density at radius 2 is 1.90 bits per heavy atom. The maximum atomic E-state index is 12.6. The Bertz CT molecular complexity index is 1210. The highest BCUT2D eigenvalue weighted by molar-refractivity contribution is 7.99. The average Bonchev–Trinajstić information content (AvgIpc) is 3.11. The molecule has 4 rings (SSSR count). The first kappa shape index (κ1) is 20.4. The highest BCUT2D eigenvalue weighted by Crippen LogP contribution is 2.33. The Morgan fingerprint density at radius 3 is 2.67 bits per heavy atom. The van der Waals surface area contributed by atoms with Crippen LogP contribution in [0.5, 0.6) is 0 Å². The summed E-state index contributed by atoms with van der Waals surface area (Å²) in [5.41, 5.74) is 2.60. The van der Waals surface area contributed by atoms with Crippen LogP contribution in [0.3, 0.4) is 0 Å². The van der Waals surface area contributed by atoms with E-state index in [2.05, 4.69) is 27.3 Å². The molecule has 30 heavy (non-hydrogen) atoms. The van der Waals surface area contributed by atoms with Gasteiger partial charge in [0.1, 0.15) is 10.9 Å². The molecule has 0 spiro atoms. The number of benzene rings is 2. The third-order valence-corrected chi connectivity index (χ3v) is 5.78. The third kappa shape index (κ3) is 4.63. The summed E-state index contributed by atoms with van der Waals surface area (Å²) in [4.78, 5) is 22.5. The second kappa shape index (κ2) is 8.85. The lowest BCUT2D eigenvalue weighted by atomic mass is 10.1. The van der Waals surface area contributed by atoms with Gasteiger partial charge in [-0.2, -0.15) is 9.50 Å². The monoisotopic (exact) mass is 437 g/mol. The fourth-order valence-corrected chi connectivity index (χ4v) is 4.13. The second-order valence-electron chi connectivity index (χ2n) is 6.76. The van der Waals surface area contributed by atoms with Crippen molar-refractivity contribution in [3.63, 3.8) is 0 Å². The molecule has 6 nitrogen and oxygen atoms in total. The Kier molecular flexibility index (Phi) is 6.01. The fraction of sp³-hybridized carbons (Fsp3) is 0.182. The minimum Gasteiger partial charge on any atom is -0.325 e. The van der Waals surface area contributed by atoms with E-state index < -0.39 is 0 Å². The largest absolute Gasteiger partial charge is 0.325 e. The van der Waals surface area contributed by atoms with Gasteiger partial charge in [0, 0.05) is 15.6 Å². The molecule has 8 heteroatoms. The number of aryl methyl sites for hydroxylation is 2. The van der Waals surface area contributed by atoms with Gasteiger partial charge in [0.15, 0.2) is 0 Å². The number of nitrogens with zero attached hydrogens (tertiary/aromatic N) is 4. The van der Waals surface area contributed by atoms with Crippen molar-refractivity contribution >= 4 is 40.7 Å². The van der Waals surface area contributed by atoms with Crippen molar-refractivity contribution in [2.24, 2.45) is 0 Å². The van der Waals surface area contributed by atoms with Crippen LogP contribution in [-0.2, 0) is 17.6 Å². The quantitative estimate of drug-likeness (QED) is 0.430. The van der Waals surface area contributed by atoms with E-state index in [1.165, 1.54) is 11.8 Å². The Hall–Kier alpha value is -2.90. The van der Waals surface area contributed by atoms with Crippen LogP contribution in [0.1, 0.15) is 24.0 Å². The number of carbonyl (C=O) groups is 1. The topological polar surface area (TPSA) is 72.2 Å². The molecule has 0 bridgehead atoms. The molecule has 152 valence electrons. The zero-order valence-electron chi connectivity index (χ0n) is 16.6.